The fourth-order valence-corrected chi connectivity index (χ4v) is 3.56. The maximum atomic E-state index is 12.3. The lowest BCUT2D eigenvalue weighted by Gasteiger charge is -2.12. The minimum absolute atomic E-state index is 0.00720. The second-order valence-corrected chi connectivity index (χ2v) is 8.02. The number of primary amides is 1. The molecule has 0 fully saturated rings. The summed E-state index contributed by atoms with van der Waals surface area (Å²) in [5.74, 6) is -1.10. The summed E-state index contributed by atoms with van der Waals surface area (Å²) in [5, 5.41) is 12.3. The number of carbonyl (C=O) groups is 2. The quantitative estimate of drug-likeness (QED) is 0.537. The standard InChI is InChI=1S/C18H16ClN5O4S/c19-14-4-2-1-3-11(14)7-17(25)23-13-5-6-15(16(8-13)29(21,27)28)24-10-12(9-22-24)18(20)26/h1-6,8-10H,7H2,(H2,20,26)(H,23,25)(H2,21,27,28). The van der Waals surface area contributed by atoms with Crippen LogP contribution in [0.15, 0.2) is 59.8 Å². The molecule has 0 aliphatic carbocycles. The van der Waals surface area contributed by atoms with Gasteiger partial charge in [-0.1, -0.05) is 29.8 Å². The minimum atomic E-state index is -4.17. The highest BCUT2D eigenvalue weighted by Gasteiger charge is 2.19. The topological polar surface area (TPSA) is 150 Å². The Morgan fingerprint density at radius 1 is 1.17 bits per heavy atom. The Kier molecular flexibility index (Phi) is 5.69. The van der Waals surface area contributed by atoms with Crippen LogP contribution < -0.4 is 16.2 Å². The Balaban J connectivity index is 1.90. The summed E-state index contributed by atoms with van der Waals surface area (Å²) in [6.45, 7) is 0. The van der Waals surface area contributed by atoms with Crippen molar-refractivity contribution in [3.63, 3.8) is 0 Å². The number of nitrogens with zero attached hydrogens (tertiary/aromatic N) is 2. The first kappa shape index (κ1) is 20.5. The van der Waals surface area contributed by atoms with Crippen LogP contribution in [-0.4, -0.2) is 30.0 Å². The van der Waals surface area contributed by atoms with Crippen LogP contribution in [0.3, 0.4) is 0 Å². The van der Waals surface area contributed by atoms with Crippen molar-refractivity contribution in [2.45, 2.75) is 11.3 Å². The summed E-state index contributed by atoms with van der Waals surface area (Å²) in [6.07, 6.45) is 2.49. The number of hydrogen-bond donors (Lipinski definition) is 3. The Morgan fingerprint density at radius 3 is 2.52 bits per heavy atom. The maximum absolute atomic E-state index is 12.3. The van der Waals surface area contributed by atoms with Gasteiger partial charge >= 0.3 is 0 Å². The molecule has 0 radical (unpaired) electrons. The lowest BCUT2D eigenvalue weighted by molar-refractivity contribution is -0.115. The molecule has 3 rings (SSSR count). The summed E-state index contributed by atoms with van der Waals surface area (Å²) in [5.41, 5.74) is 6.24. The second-order valence-electron chi connectivity index (χ2n) is 6.08. The van der Waals surface area contributed by atoms with Crippen LogP contribution in [0.25, 0.3) is 5.69 Å². The zero-order valence-corrected chi connectivity index (χ0v) is 16.4. The number of aromatic nitrogens is 2. The van der Waals surface area contributed by atoms with Gasteiger partial charge in [0.15, 0.2) is 0 Å². The largest absolute Gasteiger partial charge is 0.366 e. The maximum Gasteiger partial charge on any atom is 0.251 e. The fourth-order valence-electron chi connectivity index (χ4n) is 2.61. The van der Waals surface area contributed by atoms with Gasteiger partial charge in [-0.3, -0.25) is 9.59 Å². The molecule has 0 unspecified atom stereocenters. The van der Waals surface area contributed by atoms with E-state index < -0.39 is 15.9 Å². The van der Waals surface area contributed by atoms with Crippen molar-refractivity contribution >= 4 is 39.1 Å². The molecule has 11 heteroatoms. The van der Waals surface area contributed by atoms with E-state index in [1.165, 1.54) is 30.6 Å². The number of primary sulfonamides is 1. The van der Waals surface area contributed by atoms with E-state index in [0.29, 0.717) is 10.6 Å². The number of halogens is 1. The van der Waals surface area contributed by atoms with Crippen molar-refractivity contribution in [1.82, 2.24) is 9.78 Å². The van der Waals surface area contributed by atoms with Gasteiger partial charge < -0.3 is 11.1 Å². The number of carbonyl (C=O) groups excluding carboxylic acids is 2. The fraction of sp³-hybridized carbons (Fsp3) is 0.0556. The van der Waals surface area contributed by atoms with E-state index in [1.807, 2.05) is 0 Å². The first-order valence-electron chi connectivity index (χ1n) is 8.20. The van der Waals surface area contributed by atoms with Crippen molar-refractivity contribution in [3.8, 4) is 5.69 Å². The summed E-state index contributed by atoms with van der Waals surface area (Å²) in [4.78, 5) is 23.3. The van der Waals surface area contributed by atoms with E-state index in [4.69, 9.17) is 22.5 Å². The molecule has 0 saturated heterocycles. The Labute approximate surface area is 171 Å². The van der Waals surface area contributed by atoms with Gasteiger partial charge in [0, 0.05) is 16.9 Å². The van der Waals surface area contributed by atoms with Gasteiger partial charge in [-0.2, -0.15) is 5.10 Å². The highest BCUT2D eigenvalue weighted by molar-refractivity contribution is 7.89. The van der Waals surface area contributed by atoms with Gasteiger partial charge in [0.25, 0.3) is 5.91 Å². The molecule has 1 heterocycles. The van der Waals surface area contributed by atoms with Crippen LogP contribution in [0.5, 0.6) is 0 Å². The molecular weight excluding hydrogens is 418 g/mol. The van der Waals surface area contributed by atoms with Crippen LogP contribution in [-0.2, 0) is 21.2 Å². The molecule has 29 heavy (non-hydrogen) atoms. The SMILES string of the molecule is NC(=O)c1cnn(-c2ccc(NC(=O)Cc3ccccc3Cl)cc2S(N)(=O)=O)c1. The normalized spacial score (nSPS) is 11.2. The third-order valence-corrected chi connectivity index (χ3v) is 5.28. The molecule has 1 aromatic heterocycles. The van der Waals surface area contributed by atoms with E-state index >= 15 is 0 Å². The molecule has 0 spiro atoms. The molecule has 0 aliphatic rings. The van der Waals surface area contributed by atoms with Crippen LogP contribution in [0.2, 0.25) is 5.02 Å². The summed E-state index contributed by atoms with van der Waals surface area (Å²) >= 11 is 6.05. The van der Waals surface area contributed by atoms with Gasteiger partial charge in [0.05, 0.1) is 23.9 Å². The number of sulfonamides is 1. The number of nitrogens with two attached hydrogens (primary N) is 2. The monoisotopic (exact) mass is 433 g/mol. The molecule has 0 saturated carbocycles. The highest BCUT2D eigenvalue weighted by atomic mass is 35.5. The minimum Gasteiger partial charge on any atom is -0.366 e. The van der Waals surface area contributed by atoms with Gasteiger partial charge in [0.2, 0.25) is 15.9 Å². The van der Waals surface area contributed by atoms with E-state index in [0.717, 1.165) is 4.68 Å². The second kappa shape index (κ2) is 8.03. The van der Waals surface area contributed by atoms with Crippen LogP contribution in [0, 0.1) is 0 Å². The zero-order valence-electron chi connectivity index (χ0n) is 14.9. The Bertz CT molecular complexity index is 1210. The van der Waals surface area contributed by atoms with Gasteiger partial charge in [-0.15, -0.1) is 0 Å². The number of benzene rings is 2. The van der Waals surface area contributed by atoms with Crippen molar-refractivity contribution in [3.05, 3.63) is 71.0 Å². The number of amides is 2. The Hall–Kier alpha value is -3.21. The lowest BCUT2D eigenvalue weighted by atomic mass is 10.1. The number of rotatable bonds is 6. The van der Waals surface area contributed by atoms with Crippen LogP contribution >= 0.6 is 11.6 Å². The third-order valence-electron chi connectivity index (χ3n) is 3.97. The van der Waals surface area contributed by atoms with Crippen molar-refractivity contribution in [2.24, 2.45) is 10.9 Å². The van der Waals surface area contributed by atoms with E-state index in [2.05, 4.69) is 10.4 Å². The van der Waals surface area contributed by atoms with E-state index in [1.54, 1.807) is 24.3 Å². The van der Waals surface area contributed by atoms with Crippen LogP contribution in [0.1, 0.15) is 15.9 Å². The molecule has 5 N–H and O–H groups in total. The predicted octanol–water partition coefficient (Wildman–Crippen LogP) is 1.45. The summed E-state index contributed by atoms with van der Waals surface area (Å²) in [7, 11) is -4.17. The molecule has 9 nitrogen and oxygen atoms in total. The number of hydrogen-bond acceptors (Lipinski definition) is 5. The smallest absolute Gasteiger partial charge is 0.251 e. The highest BCUT2D eigenvalue weighted by Crippen LogP contribution is 2.24. The first-order valence-corrected chi connectivity index (χ1v) is 10.1. The molecular formula is C18H16ClN5O4S. The summed E-state index contributed by atoms with van der Waals surface area (Å²) in [6, 6.07) is 11.0. The molecule has 0 atom stereocenters. The van der Waals surface area contributed by atoms with Gasteiger partial charge in [-0.05, 0) is 29.8 Å². The molecule has 2 amide bonds. The Morgan fingerprint density at radius 2 is 1.90 bits per heavy atom. The van der Waals surface area contributed by atoms with E-state index in [9.17, 15) is 18.0 Å². The van der Waals surface area contributed by atoms with Gasteiger partial charge in [0.1, 0.15) is 4.90 Å². The molecule has 3 aromatic rings. The lowest BCUT2D eigenvalue weighted by Crippen LogP contribution is -2.18. The number of nitrogens with one attached hydrogen (secondary N) is 1. The molecule has 0 bridgehead atoms. The third kappa shape index (κ3) is 4.80. The molecule has 2 aromatic carbocycles. The zero-order chi connectivity index (χ0) is 21.2. The average molecular weight is 434 g/mol. The van der Waals surface area contributed by atoms with Crippen molar-refractivity contribution < 1.29 is 18.0 Å². The van der Waals surface area contributed by atoms with Crippen LogP contribution in [0.4, 0.5) is 5.69 Å². The molecule has 0 aliphatic heterocycles. The predicted molar refractivity (Wildman–Crippen MR) is 107 cm³/mol. The van der Waals surface area contributed by atoms with Crippen molar-refractivity contribution in [1.29, 1.82) is 0 Å². The molecule has 150 valence electrons. The van der Waals surface area contributed by atoms with Crippen molar-refractivity contribution in [2.75, 3.05) is 5.32 Å². The van der Waals surface area contributed by atoms with Gasteiger partial charge in [-0.25, -0.2) is 18.2 Å². The summed E-state index contributed by atoms with van der Waals surface area (Å²) < 4.78 is 25.3. The average Bonchev–Trinajstić information content (AvgIpc) is 3.13. The number of anilines is 1. The first-order chi connectivity index (χ1) is 13.6. The van der Waals surface area contributed by atoms with E-state index in [-0.39, 0.29) is 34.2 Å².